The van der Waals surface area contributed by atoms with Crippen molar-refractivity contribution in [2.75, 3.05) is 27.2 Å². The van der Waals surface area contributed by atoms with Gasteiger partial charge in [-0.25, -0.2) is 0 Å². The molecule has 1 saturated heterocycles. The van der Waals surface area contributed by atoms with E-state index in [1.165, 1.54) is 11.3 Å². The van der Waals surface area contributed by atoms with E-state index < -0.39 is 5.60 Å². The standard InChI is InChI=1S/C13H19ClN2O2S.ClH/c1-16(9-10-3-4-11(14)19-10)12(17)13(18-2)5-7-15-8-6-13;/h3-4,15H,5-9H2,1-2H3;1H. The minimum absolute atomic E-state index is 0. The number of hydrogen-bond donors (Lipinski definition) is 1. The van der Waals surface area contributed by atoms with Crippen LogP contribution in [-0.2, 0) is 16.1 Å². The van der Waals surface area contributed by atoms with Gasteiger partial charge in [0.25, 0.3) is 5.91 Å². The quantitative estimate of drug-likeness (QED) is 0.917. The molecule has 0 saturated carbocycles. The van der Waals surface area contributed by atoms with E-state index in [1.807, 2.05) is 19.2 Å². The SMILES string of the molecule is COC1(C(=O)N(C)Cc2ccc(Cl)s2)CCNCC1.Cl. The maximum Gasteiger partial charge on any atom is 0.254 e. The van der Waals surface area contributed by atoms with Gasteiger partial charge in [-0.05, 0) is 38.1 Å². The number of thiophene rings is 1. The molecule has 4 nitrogen and oxygen atoms in total. The van der Waals surface area contributed by atoms with Crippen molar-refractivity contribution in [3.63, 3.8) is 0 Å². The summed E-state index contributed by atoms with van der Waals surface area (Å²) in [5.74, 6) is 0.0565. The summed E-state index contributed by atoms with van der Waals surface area (Å²) in [6.07, 6.45) is 1.44. The third kappa shape index (κ3) is 3.86. The van der Waals surface area contributed by atoms with E-state index in [-0.39, 0.29) is 18.3 Å². The number of rotatable bonds is 4. The number of carbonyl (C=O) groups excluding carboxylic acids is 1. The van der Waals surface area contributed by atoms with Gasteiger partial charge in [-0.1, -0.05) is 11.6 Å². The Balaban J connectivity index is 0.00000200. The van der Waals surface area contributed by atoms with Crippen LogP contribution >= 0.6 is 35.3 Å². The Bertz CT molecular complexity index is 447. The van der Waals surface area contributed by atoms with E-state index in [0.29, 0.717) is 6.54 Å². The molecular weight excluding hydrogens is 319 g/mol. The zero-order chi connectivity index (χ0) is 13.9. The molecule has 2 heterocycles. The number of likely N-dealkylation sites (N-methyl/N-ethyl adjacent to an activating group) is 1. The summed E-state index contributed by atoms with van der Waals surface area (Å²) >= 11 is 7.41. The second-order valence-electron chi connectivity index (χ2n) is 4.82. The van der Waals surface area contributed by atoms with Crippen LogP contribution in [0.2, 0.25) is 4.34 Å². The summed E-state index contributed by atoms with van der Waals surface area (Å²) in [7, 11) is 3.44. The van der Waals surface area contributed by atoms with E-state index in [4.69, 9.17) is 16.3 Å². The lowest BCUT2D eigenvalue weighted by atomic mass is 9.90. The van der Waals surface area contributed by atoms with Crippen LogP contribution in [0.3, 0.4) is 0 Å². The second-order valence-corrected chi connectivity index (χ2v) is 6.62. The molecule has 0 unspecified atom stereocenters. The van der Waals surface area contributed by atoms with Crippen LogP contribution in [0.25, 0.3) is 0 Å². The zero-order valence-corrected chi connectivity index (χ0v) is 14.0. The summed E-state index contributed by atoms with van der Waals surface area (Å²) in [5.41, 5.74) is -0.666. The Morgan fingerprint density at radius 3 is 2.65 bits per heavy atom. The number of carbonyl (C=O) groups is 1. The molecule has 0 atom stereocenters. The Morgan fingerprint density at radius 2 is 2.15 bits per heavy atom. The molecule has 2 rings (SSSR count). The molecule has 0 spiro atoms. The van der Waals surface area contributed by atoms with Crippen molar-refractivity contribution in [2.45, 2.75) is 25.0 Å². The van der Waals surface area contributed by atoms with E-state index in [2.05, 4.69) is 5.32 Å². The van der Waals surface area contributed by atoms with Crippen molar-refractivity contribution in [1.29, 1.82) is 0 Å². The maximum absolute atomic E-state index is 12.6. The number of nitrogens with zero attached hydrogens (tertiary/aromatic N) is 1. The summed E-state index contributed by atoms with van der Waals surface area (Å²) in [5, 5.41) is 3.25. The van der Waals surface area contributed by atoms with E-state index in [1.54, 1.807) is 12.0 Å². The topological polar surface area (TPSA) is 41.6 Å². The first-order valence-corrected chi connectivity index (χ1v) is 7.52. The molecule has 0 radical (unpaired) electrons. The molecule has 0 bridgehead atoms. The first-order chi connectivity index (χ1) is 9.07. The van der Waals surface area contributed by atoms with Crippen molar-refractivity contribution in [2.24, 2.45) is 0 Å². The lowest BCUT2D eigenvalue weighted by molar-refractivity contribution is -0.157. The molecule has 1 aromatic rings. The second kappa shape index (κ2) is 7.61. The largest absolute Gasteiger partial charge is 0.368 e. The van der Waals surface area contributed by atoms with Crippen LogP contribution in [-0.4, -0.2) is 43.7 Å². The summed E-state index contributed by atoms with van der Waals surface area (Å²) in [6.45, 7) is 2.21. The van der Waals surface area contributed by atoms with Crippen LogP contribution in [0.15, 0.2) is 12.1 Å². The Hall–Kier alpha value is -0.330. The average Bonchev–Trinajstić information content (AvgIpc) is 2.84. The normalized spacial score (nSPS) is 17.4. The van der Waals surface area contributed by atoms with Crippen molar-refractivity contribution in [3.8, 4) is 0 Å². The van der Waals surface area contributed by atoms with Gasteiger partial charge in [0, 0.05) is 19.0 Å². The number of piperidine rings is 1. The summed E-state index contributed by atoms with van der Waals surface area (Å²) in [6, 6.07) is 3.81. The van der Waals surface area contributed by atoms with E-state index >= 15 is 0 Å². The van der Waals surface area contributed by atoms with Crippen molar-refractivity contribution < 1.29 is 9.53 Å². The average molecular weight is 339 g/mol. The fraction of sp³-hybridized carbons (Fsp3) is 0.615. The van der Waals surface area contributed by atoms with Gasteiger partial charge < -0.3 is 15.0 Å². The number of nitrogens with one attached hydrogen (secondary N) is 1. The van der Waals surface area contributed by atoms with Crippen molar-refractivity contribution >= 4 is 41.3 Å². The predicted molar refractivity (Wildman–Crippen MR) is 84.9 cm³/mol. The molecule has 1 fully saturated rings. The molecule has 7 heteroatoms. The van der Waals surface area contributed by atoms with Crippen molar-refractivity contribution in [1.82, 2.24) is 10.2 Å². The Morgan fingerprint density at radius 1 is 1.50 bits per heavy atom. The summed E-state index contributed by atoms with van der Waals surface area (Å²) in [4.78, 5) is 15.4. The molecule has 1 aliphatic rings. The molecule has 0 aromatic carbocycles. The van der Waals surface area contributed by atoms with Gasteiger partial charge >= 0.3 is 0 Å². The first-order valence-electron chi connectivity index (χ1n) is 6.33. The Kier molecular flexibility index (Phi) is 6.75. The third-order valence-electron chi connectivity index (χ3n) is 3.56. The first kappa shape index (κ1) is 17.7. The highest BCUT2D eigenvalue weighted by atomic mass is 35.5. The van der Waals surface area contributed by atoms with Gasteiger partial charge in [0.2, 0.25) is 0 Å². The van der Waals surface area contributed by atoms with Gasteiger partial charge in [-0.3, -0.25) is 4.79 Å². The third-order valence-corrected chi connectivity index (χ3v) is 4.78. The molecule has 1 N–H and O–H groups in total. The monoisotopic (exact) mass is 338 g/mol. The molecule has 1 aliphatic heterocycles. The predicted octanol–water partition coefficient (Wildman–Crippen LogP) is 2.55. The van der Waals surface area contributed by atoms with Gasteiger partial charge in [0.1, 0.15) is 5.60 Å². The lowest BCUT2D eigenvalue weighted by Crippen LogP contribution is -2.54. The number of ether oxygens (including phenoxy) is 1. The van der Waals surface area contributed by atoms with E-state index in [0.717, 1.165) is 35.1 Å². The molecule has 0 aliphatic carbocycles. The molecular formula is C13H20Cl2N2O2S. The van der Waals surface area contributed by atoms with Crippen LogP contribution in [0.4, 0.5) is 0 Å². The van der Waals surface area contributed by atoms with Gasteiger partial charge in [-0.15, -0.1) is 23.7 Å². The van der Waals surface area contributed by atoms with Crippen LogP contribution in [0, 0.1) is 0 Å². The highest BCUT2D eigenvalue weighted by Gasteiger charge is 2.41. The Labute approximate surface area is 134 Å². The number of amides is 1. The minimum atomic E-state index is -0.666. The smallest absolute Gasteiger partial charge is 0.254 e. The van der Waals surface area contributed by atoms with Gasteiger partial charge in [0.15, 0.2) is 0 Å². The van der Waals surface area contributed by atoms with Crippen molar-refractivity contribution in [3.05, 3.63) is 21.3 Å². The summed E-state index contributed by atoms with van der Waals surface area (Å²) < 4.78 is 6.30. The zero-order valence-electron chi connectivity index (χ0n) is 11.6. The van der Waals surface area contributed by atoms with E-state index in [9.17, 15) is 4.79 Å². The fourth-order valence-corrected chi connectivity index (χ4v) is 3.57. The van der Waals surface area contributed by atoms with Crippen LogP contribution in [0.1, 0.15) is 17.7 Å². The van der Waals surface area contributed by atoms with Crippen LogP contribution in [0.5, 0.6) is 0 Å². The highest BCUT2D eigenvalue weighted by Crippen LogP contribution is 2.27. The number of halogens is 2. The maximum atomic E-state index is 12.6. The molecule has 20 heavy (non-hydrogen) atoms. The highest BCUT2D eigenvalue weighted by molar-refractivity contribution is 7.16. The molecule has 1 aromatic heterocycles. The van der Waals surface area contributed by atoms with Gasteiger partial charge in [-0.2, -0.15) is 0 Å². The number of methoxy groups -OCH3 is 1. The molecule has 114 valence electrons. The fourth-order valence-electron chi connectivity index (χ4n) is 2.43. The van der Waals surface area contributed by atoms with Gasteiger partial charge in [0.05, 0.1) is 10.9 Å². The number of hydrogen-bond acceptors (Lipinski definition) is 4. The molecule has 1 amide bonds. The lowest BCUT2D eigenvalue weighted by Gasteiger charge is -2.37. The van der Waals surface area contributed by atoms with Crippen LogP contribution < -0.4 is 5.32 Å². The minimum Gasteiger partial charge on any atom is -0.368 e.